The van der Waals surface area contributed by atoms with Gasteiger partial charge in [-0.05, 0) is 32.1 Å². The van der Waals surface area contributed by atoms with Gasteiger partial charge in [-0.15, -0.1) is 0 Å². The van der Waals surface area contributed by atoms with Crippen LogP contribution in [0.15, 0.2) is 12.2 Å². The van der Waals surface area contributed by atoms with Crippen molar-refractivity contribution in [2.75, 3.05) is 7.11 Å². The predicted molar refractivity (Wildman–Crippen MR) is 91.5 cm³/mol. The molecule has 0 fully saturated rings. The molecule has 0 atom stereocenters. The van der Waals surface area contributed by atoms with Crippen LogP contribution in [0.2, 0.25) is 0 Å². The van der Waals surface area contributed by atoms with Crippen molar-refractivity contribution in [1.29, 1.82) is 0 Å². The second-order valence-electron chi connectivity index (χ2n) is 5.91. The highest BCUT2D eigenvalue weighted by Crippen LogP contribution is 2.10. The summed E-state index contributed by atoms with van der Waals surface area (Å²) < 4.78 is 4.62. The third kappa shape index (κ3) is 17.2. The van der Waals surface area contributed by atoms with Crippen molar-refractivity contribution in [1.82, 2.24) is 0 Å². The van der Waals surface area contributed by atoms with E-state index in [0.29, 0.717) is 6.42 Å². The minimum absolute atomic E-state index is 0.0763. The van der Waals surface area contributed by atoms with Crippen LogP contribution in [-0.2, 0) is 9.53 Å². The van der Waals surface area contributed by atoms with Crippen molar-refractivity contribution in [3.05, 3.63) is 12.2 Å². The largest absolute Gasteiger partial charge is 0.469 e. The summed E-state index contributed by atoms with van der Waals surface area (Å²) in [7, 11) is 1.46. The Kier molecular flexibility index (Phi) is 16.6. The summed E-state index contributed by atoms with van der Waals surface area (Å²) in [5.41, 5.74) is 0. The van der Waals surface area contributed by atoms with Crippen LogP contribution in [0.5, 0.6) is 0 Å². The van der Waals surface area contributed by atoms with Gasteiger partial charge in [-0.1, -0.05) is 70.4 Å². The number of ether oxygens (including phenoxy) is 1. The van der Waals surface area contributed by atoms with Gasteiger partial charge >= 0.3 is 5.97 Å². The molecular weight excluding hydrogens is 261 g/mol. The second-order valence-corrected chi connectivity index (χ2v) is 5.91. The Hall–Kier alpha value is -0.790. The second kappa shape index (κ2) is 17.3. The number of unbranched alkanes of at least 4 members (excludes halogenated alkanes) is 11. The molecule has 0 aromatic rings. The van der Waals surface area contributed by atoms with E-state index < -0.39 is 0 Å². The summed E-state index contributed by atoms with van der Waals surface area (Å²) >= 11 is 0. The van der Waals surface area contributed by atoms with Crippen LogP contribution in [-0.4, -0.2) is 13.1 Å². The first-order chi connectivity index (χ1) is 10.3. The maximum Gasteiger partial charge on any atom is 0.305 e. The van der Waals surface area contributed by atoms with Gasteiger partial charge in [0.1, 0.15) is 0 Å². The number of esters is 1. The first-order valence-corrected chi connectivity index (χ1v) is 9.03. The van der Waals surface area contributed by atoms with E-state index in [1.54, 1.807) is 0 Å². The smallest absolute Gasteiger partial charge is 0.305 e. The molecule has 0 aliphatic heterocycles. The lowest BCUT2D eigenvalue weighted by Gasteiger charge is -2.00. The molecule has 0 spiro atoms. The Labute approximate surface area is 132 Å². The van der Waals surface area contributed by atoms with E-state index in [1.807, 2.05) is 0 Å². The van der Waals surface area contributed by atoms with Crippen LogP contribution in [0.3, 0.4) is 0 Å². The van der Waals surface area contributed by atoms with E-state index in [2.05, 4.69) is 23.8 Å². The molecule has 0 radical (unpaired) electrons. The Morgan fingerprint density at radius 3 is 1.76 bits per heavy atom. The molecule has 0 aliphatic rings. The molecule has 0 heterocycles. The lowest BCUT2D eigenvalue weighted by Crippen LogP contribution is -1.98. The number of rotatable bonds is 15. The predicted octanol–water partition coefficient (Wildman–Crippen LogP) is 6.20. The fraction of sp³-hybridized carbons (Fsp3) is 0.842. The molecule has 2 heteroatoms. The lowest BCUT2D eigenvalue weighted by atomic mass is 10.1. The monoisotopic (exact) mass is 297 g/mol. The van der Waals surface area contributed by atoms with Gasteiger partial charge in [0, 0.05) is 6.42 Å². The van der Waals surface area contributed by atoms with Crippen LogP contribution < -0.4 is 0 Å². The van der Waals surface area contributed by atoms with Crippen LogP contribution in [0.1, 0.15) is 96.8 Å². The molecule has 21 heavy (non-hydrogen) atoms. The number of allylic oxidation sites excluding steroid dienone is 2. The standard InChI is InChI=1S/C19H36O2/c1-3-4-5-6-7-8-9-10-11-12-13-14-15-16-17-18-19(20)21-2/h10-11H,3-9,12-18H2,1-2H3/b11-10+/i19+1. The van der Waals surface area contributed by atoms with Crippen molar-refractivity contribution in [3.8, 4) is 0 Å². The van der Waals surface area contributed by atoms with Gasteiger partial charge in [0.25, 0.3) is 0 Å². The van der Waals surface area contributed by atoms with Crippen LogP contribution in [0, 0.1) is 0 Å². The van der Waals surface area contributed by atoms with Crippen molar-refractivity contribution >= 4 is 5.97 Å². The average Bonchev–Trinajstić information content (AvgIpc) is 2.50. The molecule has 2 nitrogen and oxygen atoms in total. The van der Waals surface area contributed by atoms with Crippen LogP contribution in [0.25, 0.3) is 0 Å². The maximum absolute atomic E-state index is 10.9. The molecule has 0 aromatic carbocycles. The zero-order valence-corrected chi connectivity index (χ0v) is 14.4. The molecule has 0 saturated heterocycles. The Bertz CT molecular complexity index is 246. The van der Waals surface area contributed by atoms with Gasteiger partial charge in [-0.25, -0.2) is 0 Å². The van der Waals surface area contributed by atoms with Gasteiger partial charge in [-0.2, -0.15) is 0 Å². The highest BCUT2D eigenvalue weighted by Gasteiger charge is 1.98. The highest BCUT2D eigenvalue weighted by molar-refractivity contribution is 5.68. The summed E-state index contributed by atoms with van der Waals surface area (Å²) in [5, 5.41) is 0. The number of carbonyl (C=O) groups excluding carboxylic acids is 1. The summed E-state index contributed by atoms with van der Waals surface area (Å²) in [6, 6.07) is 0. The van der Waals surface area contributed by atoms with Gasteiger partial charge < -0.3 is 4.74 Å². The number of hydrogen-bond acceptors (Lipinski definition) is 2. The van der Waals surface area contributed by atoms with E-state index in [4.69, 9.17) is 0 Å². The SMILES string of the molecule is CCCCCCCC/C=C/CCCCCCC[13C](=O)OC. The molecule has 0 amide bonds. The number of carbonyl (C=O) groups is 1. The van der Waals surface area contributed by atoms with Crippen LogP contribution in [0.4, 0.5) is 0 Å². The number of methoxy groups -OCH3 is 1. The summed E-state index contributed by atoms with van der Waals surface area (Å²) in [6.07, 6.45) is 22.0. The minimum Gasteiger partial charge on any atom is -0.469 e. The normalized spacial score (nSPS) is 11.1. The lowest BCUT2D eigenvalue weighted by molar-refractivity contribution is -0.140. The topological polar surface area (TPSA) is 26.3 Å². The van der Waals surface area contributed by atoms with E-state index in [-0.39, 0.29) is 5.97 Å². The Morgan fingerprint density at radius 2 is 1.24 bits per heavy atom. The Balaban J connectivity index is 3.10. The van der Waals surface area contributed by atoms with Crippen molar-refractivity contribution in [2.24, 2.45) is 0 Å². The summed E-state index contributed by atoms with van der Waals surface area (Å²) in [4.78, 5) is 10.9. The van der Waals surface area contributed by atoms with Crippen molar-refractivity contribution in [3.63, 3.8) is 0 Å². The maximum atomic E-state index is 10.9. The molecule has 0 aromatic heterocycles. The van der Waals surface area contributed by atoms with E-state index >= 15 is 0 Å². The van der Waals surface area contributed by atoms with Gasteiger partial charge in [0.15, 0.2) is 0 Å². The fourth-order valence-electron chi connectivity index (χ4n) is 2.44. The van der Waals surface area contributed by atoms with Crippen molar-refractivity contribution in [2.45, 2.75) is 96.8 Å². The molecule has 0 saturated carbocycles. The highest BCUT2D eigenvalue weighted by atomic mass is 16.6. The van der Waals surface area contributed by atoms with E-state index in [0.717, 1.165) is 12.8 Å². The quantitative estimate of drug-likeness (QED) is 0.156. The van der Waals surface area contributed by atoms with Gasteiger partial charge in [0.05, 0.1) is 7.11 Å². The zero-order valence-electron chi connectivity index (χ0n) is 14.4. The molecule has 0 bridgehead atoms. The summed E-state index contributed by atoms with van der Waals surface area (Å²) in [5.74, 6) is -0.0763. The third-order valence-corrected chi connectivity index (χ3v) is 3.87. The molecule has 0 N–H and O–H groups in total. The molecule has 0 unspecified atom stereocenters. The first kappa shape index (κ1) is 20.2. The summed E-state index contributed by atoms with van der Waals surface area (Å²) in [6.45, 7) is 2.27. The average molecular weight is 297 g/mol. The van der Waals surface area contributed by atoms with Crippen LogP contribution >= 0.6 is 0 Å². The van der Waals surface area contributed by atoms with Gasteiger partial charge in [-0.3, -0.25) is 4.79 Å². The molecule has 0 rings (SSSR count). The zero-order chi connectivity index (χ0) is 15.6. The first-order valence-electron chi connectivity index (χ1n) is 9.03. The van der Waals surface area contributed by atoms with E-state index in [1.165, 1.54) is 77.7 Å². The third-order valence-electron chi connectivity index (χ3n) is 3.87. The van der Waals surface area contributed by atoms with E-state index in [9.17, 15) is 4.79 Å². The number of hydrogen-bond donors (Lipinski definition) is 0. The van der Waals surface area contributed by atoms with Gasteiger partial charge in [0.2, 0.25) is 0 Å². The Morgan fingerprint density at radius 1 is 0.762 bits per heavy atom. The molecular formula is C19H36O2. The fourth-order valence-corrected chi connectivity index (χ4v) is 2.44. The minimum atomic E-state index is -0.0763. The molecule has 0 aliphatic carbocycles. The van der Waals surface area contributed by atoms with Crippen molar-refractivity contribution < 1.29 is 9.53 Å². The molecule has 124 valence electrons.